The highest BCUT2D eigenvalue weighted by Gasteiger charge is 2.25. The number of anilines is 1. The van der Waals surface area contributed by atoms with E-state index in [0.717, 1.165) is 42.7 Å². The lowest BCUT2D eigenvalue weighted by atomic mass is 10.3. The first-order valence-electron chi connectivity index (χ1n) is 9.65. The van der Waals surface area contributed by atoms with E-state index < -0.39 is 0 Å². The molecule has 0 amide bonds. The van der Waals surface area contributed by atoms with Gasteiger partial charge in [0.15, 0.2) is 5.96 Å². The number of halogens is 1. The Kier molecular flexibility index (Phi) is 5.95. The number of nitrogens with zero attached hydrogens (tertiary/aromatic N) is 5. The Labute approximate surface area is 175 Å². The van der Waals surface area contributed by atoms with E-state index in [1.807, 2.05) is 59.4 Å². The molecule has 7 nitrogen and oxygen atoms in total. The number of nitrogens with one attached hydrogen (secondary N) is 2. The molecule has 1 saturated heterocycles. The van der Waals surface area contributed by atoms with Crippen molar-refractivity contribution in [3.63, 3.8) is 0 Å². The second-order valence-electron chi connectivity index (χ2n) is 6.90. The van der Waals surface area contributed by atoms with Crippen LogP contribution in [0, 0.1) is 0 Å². The van der Waals surface area contributed by atoms with Gasteiger partial charge in [-0.2, -0.15) is 5.10 Å². The van der Waals surface area contributed by atoms with Gasteiger partial charge in [-0.15, -0.1) is 0 Å². The topological polar surface area (TPSA) is 70.4 Å². The van der Waals surface area contributed by atoms with Crippen molar-refractivity contribution in [3.05, 3.63) is 71.6 Å². The van der Waals surface area contributed by atoms with Gasteiger partial charge >= 0.3 is 0 Å². The van der Waals surface area contributed by atoms with E-state index in [0.29, 0.717) is 11.6 Å². The molecule has 8 heteroatoms. The summed E-state index contributed by atoms with van der Waals surface area (Å²) >= 11 is 6.28. The fourth-order valence-corrected chi connectivity index (χ4v) is 3.66. The third-order valence-corrected chi connectivity index (χ3v) is 5.19. The monoisotopic (exact) mass is 409 g/mol. The van der Waals surface area contributed by atoms with Gasteiger partial charge < -0.3 is 15.5 Å². The summed E-state index contributed by atoms with van der Waals surface area (Å²) in [5.74, 6) is 1.60. The van der Waals surface area contributed by atoms with Crippen molar-refractivity contribution < 1.29 is 0 Å². The first kappa shape index (κ1) is 19.3. The van der Waals surface area contributed by atoms with Gasteiger partial charge in [-0.3, -0.25) is 4.99 Å². The average molecular weight is 410 g/mol. The molecule has 2 N–H and O–H groups in total. The van der Waals surface area contributed by atoms with Crippen LogP contribution in [0.2, 0.25) is 5.02 Å². The number of para-hydroxylation sites is 1. The number of guanidine groups is 1. The molecule has 2 aromatic heterocycles. The molecule has 3 aromatic rings. The largest absolute Gasteiger partial charge is 0.353 e. The maximum Gasteiger partial charge on any atom is 0.191 e. The smallest absolute Gasteiger partial charge is 0.191 e. The number of pyridine rings is 1. The molecule has 1 aliphatic heterocycles. The Morgan fingerprint density at radius 3 is 2.86 bits per heavy atom. The lowest BCUT2D eigenvalue weighted by Crippen LogP contribution is -2.44. The van der Waals surface area contributed by atoms with Gasteiger partial charge in [0.1, 0.15) is 5.82 Å². The number of aliphatic imine (C=N–C) groups is 1. The Hall–Kier alpha value is -3.06. The molecule has 0 spiro atoms. The van der Waals surface area contributed by atoms with E-state index >= 15 is 0 Å². The van der Waals surface area contributed by atoms with Gasteiger partial charge in [-0.1, -0.05) is 29.8 Å². The van der Waals surface area contributed by atoms with Crippen LogP contribution in [0.5, 0.6) is 0 Å². The van der Waals surface area contributed by atoms with Crippen molar-refractivity contribution in [2.24, 2.45) is 4.99 Å². The first-order chi connectivity index (χ1) is 14.2. The van der Waals surface area contributed by atoms with Gasteiger partial charge in [0.25, 0.3) is 0 Å². The summed E-state index contributed by atoms with van der Waals surface area (Å²) in [7, 11) is 1.78. The Balaban J connectivity index is 1.31. The predicted octanol–water partition coefficient (Wildman–Crippen LogP) is 2.86. The number of hydrogen-bond donors (Lipinski definition) is 2. The minimum Gasteiger partial charge on any atom is -0.353 e. The number of rotatable bonds is 5. The third kappa shape index (κ3) is 4.68. The van der Waals surface area contributed by atoms with E-state index in [2.05, 4.69) is 30.6 Å². The van der Waals surface area contributed by atoms with Crippen LogP contribution in [-0.2, 0) is 6.54 Å². The molecule has 4 rings (SSSR count). The van der Waals surface area contributed by atoms with Crippen LogP contribution in [-0.4, -0.2) is 46.9 Å². The van der Waals surface area contributed by atoms with Crippen molar-refractivity contribution in [2.45, 2.75) is 19.0 Å². The highest BCUT2D eigenvalue weighted by molar-refractivity contribution is 6.32. The highest BCUT2D eigenvalue weighted by Crippen LogP contribution is 2.25. The summed E-state index contributed by atoms with van der Waals surface area (Å²) in [5.41, 5.74) is 1.99. The molecule has 1 fully saturated rings. The highest BCUT2D eigenvalue weighted by atomic mass is 35.5. The van der Waals surface area contributed by atoms with Crippen LogP contribution >= 0.6 is 11.6 Å². The van der Waals surface area contributed by atoms with E-state index in [4.69, 9.17) is 11.6 Å². The predicted molar refractivity (Wildman–Crippen MR) is 117 cm³/mol. The maximum absolute atomic E-state index is 6.28. The van der Waals surface area contributed by atoms with Gasteiger partial charge in [0.05, 0.1) is 22.9 Å². The van der Waals surface area contributed by atoms with Crippen LogP contribution in [0.3, 0.4) is 0 Å². The molecule has 0 bridgehead atoms. The van der Waals surface area contributed by atoms with Crippen LogP contribution < -0.4 is 15.5 Å². The molecule has 1 atom stereocenters. The van der Waals surface area contributed by atoms with Gasteiger partial charge in [0, 0.05) is 38.6 Å². The van der Waals surface area contributed by atoms with Crippen molar-refractivity contribution in [3.8, 4) is 5.69 Å². The summed E-state index contributed by atoms with van der Waals surface area (Å²) in [5, 5.41) is 12.1. The second-order valence-corrected chi connectivity index (χ2v) is 7.30. The van der Waals surface area contributed by atoms with Gasteiger partial charge in [-0.25, -0.2) is 9.67 Å². The fourth-order valence-electron chi connectivity index (χ4n) is 3.42. The van der Waals surface area contributed by atoms with Crippen LogP contribution in [0.15, 0.2) is 65.9 Å². The fraction of sp³-hybridized carbons (Fsp3) is 0.286. The zero-order valence-corrected chi connectivity index (χ0v) is 17.0. The summed E-state index contributed by atoms with van der Waals surface area (Å²) in [6, 6.07) is 16.1. The first-order valence-corrected chi connectivity index (χ1v) is 10.0. The molecule has 0 aliphatic carbocycles. The molecular formula is C21H24ClN7. The van der Waals surface area contributed by atoms with Crippen molar-refractivity contribution in [1.82, 2.24) is 25.4 Å². The molecule has 150 valence electrons. The van der Waals surface area contributed by atoms with E-state index in [9.17, 15) is 0 Å². The molecule has 29 heavy (non-hydrogen) atoms. The lowest BCUT2D eigenvalue weighted by molar-refractivity contribution is 0.645. The standard InChI is InChI=1S/C21H24ClN7/c1-23-21(25-14-16-10-13-29(27-16)18-6-3-2-4-7-18)26-17-9-12-28(15-17)20-19(22)8-5-11-24-20/h2-8,10-11,13,17H,9,12,14-15H2,1H3,(H2,23,25,26). The molecular weight excluding hydrogens is 386 g/mol. The average Bonchev–Trinajstić information content (AvgIpc) is 3.42. The van der Waals surface area contributed by atoms with Crippen molar-refractivity contribution in [2.75, 3.05) is 25.0 Å². The molecule has 0 radical (unpaired) electrons. The summed E-state index contributed by atoms with van der Waals surface area (Å²) in [6.07, 6.45) is 4.74. The van der Waals surface area contributed by atoms with E-state index in [1.54, 1.807) is 13.2 Å². The van der Waals surface area contributed by atoms with Gasteiger partial charge in [-0.05, 0) is 36.8 Å². The summed E-state index contributed by atoms with van der Waals surface area (Å²) < 4.78 is 1.87. The minimum atomic E-state index is 0.279. The third-order valence-electron chi connectivity index (χ3n) is 4.89. The van der Waals surface area contributed by atoms with Crippen LogP contribution in [0.25, 0.3) is 5.69 Å². The zero-order chi connectivity index (χ0) is 20.1. The Morgan fingerprint density at radius 2 is 2.07 bits per heavy atom. The summed E-state index contributed by atoms with van der Waals surface area (Å²) in [4.78, 5) is 11.0. The van der Waals surface area contributed by atoms with Crippen molar-refractivity contribution in [1.29, 1.82) is 0 Å². The molecule has 1 aromatic carbocycles. The zero-order valence-electron chi connectivity index (χ0n) is 16.3. The summed E-state index contributed by atoms with van der Waals surface area (Å²) in [6.45, 7) is 2.34. The van der Waals surface area contributed by atoms with E-state index in [1.165, 1.54) is 0 Å². The second kappa shape index (κ2) is 8.96. The van der Waals surface area contributed by atoms with Crippen molar-refractivity contribution >= 4 is 23.4 Å². The minimum absolute atomic E-state index is 0.279. The van der Waals surface area contributed by atoms with Gasteiger partial charge in [0.2, 0.25) is 0 Å². The number of hydrogen-bond acceptors (Lipinski definition) is 4. The quantitative estimate of drug-likeness (QED) is 0.501. The number of benzene rings is 1. The van der Waals surface area contributed by atoms with Crippen LogP contribution in [0.4, 0.5) is 5.82 Å². The molecule has 3 heterocycles. The SMILES string of the molecule is CN=C(NCc1ccn(-c2ccccc2)n1)NC1CCN(c2ncccc2Cl)C1. The Bertz CT molecular complexity index is 970. The molecule has 0 saturated carbocycles. The molecule has 1 unspecified atom stereocenters. The lowest BCUT2D eigenvalue weighted by Gasteiger charge is -2.20. The maximum atomic E-state index is 6.28. The molecule has 1 aliphatic rings. The van der Waals surface area contributed by atoms with E-state index in [-0.39, 0.29) is 6.04 Å². The Morgan fingerprint density at radius 1 is 1.21 bits per heavy atom. The number of aromatic nitrogens is 3. The normalized spacial score (nSPS) is 16.8. The van der Waals surface area contributed by atoms with Crippen LogP contribution in [0.1, 0.15) is 12.1 Å².